The molecule has 5 nitrogen and oxygen atoms in total. The minimum atomic E-state index is 0.147. The minimum absolute atomic E-state index is 0.147. The van der Waals surface area contributed by atoms with Crippen molar-refractivity contribution in [3.05, 3.63) is 51.8 Å². The van der Waals surface area contributed by atoms with Crippen molar-refractivity contribution in [1.82, 2.24) is 20.0 Å². The molecule has 2 fully saturated rings. The van der Waals surface area contributed by atoms with E-state index in [1.54, 1.807) is 0 Å². The zero-order valence-corrected chi connectivity index (χ0v) is 16.3. The van der Waals surface area contributed by atoms with Crippen LogP contribution in [0.5, 0.6) is 0 Å². The first-order chi connectivity index (χ1) is 13.1. The van der Waals surface area contributed by atoms with Crippen LogP contribution in [-0.4, -0.2) is 33.7 Å². The summed E-state index contributed by atoms with van der Waals surface area (Å²) in [5.41, 5.74) is 7.34. The summed E-state index contributed by atoms with van der Waals surface area (Å²) in [5, 5.41) is 8.14. The smallest absolute Gasteiger partial charge is 0.272 e. The molecule has 5 heteroatoms. The first kappa shape index (κ1) is 17.0. The van der Waals surface area contributed by atoms with E-state index in [9.17, 15) is 4.79 Å². The Morgan fingerprint density at radius 2 is 2.07 bits per heavy atom. The monoisotopic (exact) mass is 364 g/mol. The second kappa shape index (κ2) is 6.48. The van der Waals surface area contributed by atoms with Gasteiger partial charge in [-0.1, -0.05) is 17.7 Å². The van der Waals surface area contributed by atoms with Crippen molar-refractivity contribution in [3.8, 4) is 0 Å². The summed E-state index contributed by atoms with van der Waals surface area (Å²) >= 11 is 0. The van der Waals surface area contributed by atoms with Gasteiger partial charge in [-0.3, -0.25) is 9.48 Å². The van der Waals surface area contributed by atoms with E-state index in [1.807, 2.05) is 22.7 Å². The van der Waals surface area contributed by atoms with Crippen LogP contribution in [0.15, 0.2) is 18.3 Å². The zero-order chi connectivity index (χ0) is 18.5. The number of carbonyl (C=O) groups is 1. The molecule has 0 spiro atoms. The fraction of sp³-hybridized carbons (Fsp3) is 0.545. The number of fused-ring (bicyclic) bond motifs is 1. The maximum Gasteiger partial charge on any atom is 0.272 e. The van der Waals surface area contributed by atoms with Crippen molar-refractivity contribution in [1.29, 1.82) is 0 Å². The minimum Gasteiger partial charge on any atom is -0.333 e. The van der Waals surface area contributed by atoms with Gasteiger partial charge in [0, 0.05) is 24.7 Å². The van der Waals surface area contributed by atoms with Gasteiger partial charge in [-0.25, -0.2) is 0 Å². The lowest BCUT2D eigenvalue weighted by molar-refractivity contribution is 0.0720. The molecule has 1 aliphatic carbocycles. The molecule has 1 amide bonds. The summed E-state index contributed by atoms with van der Waals surface area (Å²) in [5.74, 6) is 0.147. The molecule has 0 bridgehead atoms. The third-order valence-electron chi connectivity index (χ3n) is 6.32. The number of hydrogen-bond acceptors (Lipinski definition) is 3. The fourth-order valence-corrected chi connectivity index (χ4v) is 4.76. The second-order valence-corrected chi connectivity index (χ2v) is 8.47. The lowest BCUT2D eigenvalue weighted by Crippen LogP contribution is -2.38. The largest absolute Gasteiger partial charge is 0.333 e. The molecular formula is C22H28N4O. The highest BCUT2D eigenvalue weighted by Gasteiger charge is 2.33. The van der Waals surface area contributed by atoms with E-state index in [4.69, 9.17) is 0 Å². The molecule has 3 heterocycles. The predicted octanol–water partition coefficient (Wildman–Crippen LogP) is 3.46. The van der Waals surface area contributed by atoms with Crippen LogP contribution in [0.1, 0.15) is 76.1 Å². The highest BCUT2D eigenvalue weighted by molar-refractivity contribution is 5.94. The van der Waals surface area contributed by atoms with E-state index in [2.05, 4.69) is 29.5 Å². The molecular weight excluding hydrogens is 336 g/mol. The van der Waals surface area contributed by atoms with Crippen LogP contribution in [-0.2, 0) is 13.0 Å². The number of nitrogens with zero attached hydrogens (tertiary/aromatic N) is 3. The molecule has 0 unspecified atom stereocenters. The average molecular weight is 364 g/mol. The van der Waals surface area contributed by atoms with Crippen molar-refractivity contribution in [2.75, 3.05) is 13.1 Å². The molecule has 1 N–H and O–H groups in total. The van der Waals surface area contributed by atoms with E-state index >= 15 is 0 Å². The number of nitrogens with one attached hydrogen (secondary N) is 1. The molecule has 5 rings (SSSR count). The van der Waals surface area contributed by atoms with E-state index in [0.29, 0.717) is 12.1 Å². The van der Waals surface area contributed by atoms with Gasteiger partial charge >= 0.3 is 0 Å². The van der Waals surface area contributed by atoms with Crippen LogP contribution in [0, 0.1) is 13.8 Å². The Morgan fingerprint density at radius 1 is 1.22 bits per heavy atom. The van der Waals surface area contributed by atoms with E-state index in [1.165, 1.54) is 35.1 Å². The van der Waals surface area contributed by atoms with Crippen molar-refractivity contribution in [3.63, 3.8) is 0 Å². The van der Waals surface area contributed by atoms with Crippen LogP contribution in [0.3, 0.4) is 0 Å². The Kier molecular flexibility index (Phi) is 4.08. The third-order valence-corrected chi connectivity index (χ3v) is 6.32. The molecule has 0 radical (unpaired) electrons. The quantitative estimate of drug-likeness (QED) is 0.907. The second-order valence-electron chi connectivity index (χ2n) is 8.47. The predicted molar refractivity (Wildman–Crippen MR) is 105 cm³/mol. The van der Waals surface area contributed by atoms with Crippen molar-refractivity contribution >= 4 is 5.91 Å². The van der Waals surface area contributed by atoms with Gasteiger partial charge < -0.3 is 10.2 Å². The van der Waals surface area contributed by atoms with Crippen molar-refractivity contribution in [2.24, 2.45) is 0 Å². The number of rotatable bonds is 3. The maximum atomic E-state index is 13.4. The first-order valence-electron chi connectivity index (χ1n) is 10.3. The summed E-state index contributed by atoms with van der Waals surface area (Å²) < 4.78 is 1.97. The Labute approximate surface area is 160 Å². The maximum absolute atomic E-state index is 13.4. The Hall–Kier alpha value is -2.14. The molecule has 1 aromatic heterocycles. The third kappa shape index (κ3) is 2.98. The van der Waals surface area contributed by atoms with E-state index in [-0.39, 0.29) is 5.91 Å². The number of carbonyl (C=O) groups excluding carboxylic acids is 1. The standard InChI is InChI=1S/C22H28N4O/c1-14-10-16-7-9-25(13-19(16)18(11-14)20-4-3-8-23-20)22(27)21-15(2)12-24-26(21)17-5-6-17/h10-12,17,20,23H,3-9,13H2,1-2H3/t20-/m0/s1. The molecule has 2 aliphatic heterocycles. The molecule has 1 aromatic carbocycles. The summed E-state index contributed by atoms with van der Waals surface area (Å²) in [4.78, 5) is 15.4. The number of aryl methyl sites for hydroxylation is 2. The molecule has 142 valence electrons. The zero-order valence-electron chi connectivity index (χ0n) is 16.3. The lowest BCUT2D eigenvalue weighted by Gasteiger charge is -2.32. The molecule has 1 saturated heterocycles. The van der Waals surface area contributed by atoms with Crippen LogP contribution in [0.4, 0.5) is 0 Å². The summed E-state index contributed by atoms with van der Waals surface area (Å²) in [6.45, 7) is 6.80. The Morgan fingerprint density at radius 3 is 2.81 bits per heavy atom. The van der Waals surface area contributed by atoms with Crippen LogP contribution >= 0.6 is 0 Å². The summed E-state index contributed by atoms with van der Waals surface area (Å²) in [6.07, 6.45) is 7.50. The van der Waals surface area contributed by atoms with Gasteiger partial charge in [0.25, 0.3) is 5.91 Å². The number of aromatic nitrogens is 2. The van der Waals surface area contributed by atoms with Gasteiger partial charge in [0.2, 0.25) is 0 Å². The van der Waals surface area contributed by atoms with Gasteiger partial charge in [0.15, 0.2) is 0 Å². The molecule has 1 saturated carbocycles. The highest BCUT2D eigenvalue weighted by atomic mass is 16.2. The first-order valence-corrected chi connectivity index (χ1v) is 10.3. The van der Waals surface area contributed by atoms with Crippen LogP contribution in [0.25, 0.3) is 0 Å². The van der Waals surface area contributed by atoms with Gasteiger partial charge in [-0.15, -0.1) is 0 Å². The lowest BCUT2D eigenvalue weighted by atomic mass is 9.88. The number of benzene rings is 1. The molecule has 1 atom stereocenters. The SMILES string of the molecule is Cc1cc2c(c([C@@H]3CCCN3)c1)CN(C(=O)c1c(C)cnn1C1CC1)CC2. The Balaban J connectivity index is 1.47. The number of hydrogen-bond donors (Lipinski definition) is 1. The van der Waals surface area contributed by atoms with Gasteiger partial charge in [0.05, 0.1) is 12.2 Å². The van der Waals surface area contributed by atoms with Crippen molar-refractivity contribution < 1.29 is 4.79 Å². The van der Waals surface area contributed by atoms with Gasteiger partial charge in [-0.2, -0.15) is 5.10 Å². The average Bonchev–Trinajstić information content (AvgIpc) is 3.21. The van der Waals surface area contributed by atoms with Crippen LogP contribution < -0.4 is 5.32 Å². The van der Waals surface area contributed by atoms with E-state index < -0.39 is 0 Å². The van der Waals surface area contributed by atoms with Crippen LogP contribution in [0.2, 0.25) is 0 Å². The van der Waals surface area contributed by atoms with Gasteiger partial charge in [0.1, 0.15) is 5.69 Å². The van der Waals surface area contributed by atoms with Gasteiger partial charge in [-0.05, 0) is 69.2 Å². The molecule has 2 aromatic rings. The van der Waals surface area contributed by atoms with E-state index in [0.717, 1.165) is 50.2 Å². The normalized spacial score (nSPS) is 22.1. The summed E-state index contributed by atoms with van der Waals surface area (Å²) in [6, 6.07) is 5.51. The molecule has 27 heavy (non-hydrogen) atoms. The molecule has 3 aliphatic rings. The summed E-state index contributed by atoms with van der Waals surface area (Å²) in [7, 11) is 0. The number of amides is 1. The van der Waals surface area contributed by atoms with Crippen molar-refractivity contribution in [2.45, 2.75) is 64.6 Å². The topological polar surface area (TPSA) is 50.2 Å². The fourth-order valence-electron chi connectivity index (χ4n) is 4.76. The Bertz CT molecular complexity index is 890. The highest BCUT2D eigenvalue weighted by Crippen LogP contribution is 2.37.